The molecule has 0 spiro atoms. The summed E-state index contributed by atoms with van der Waals surface area (Å²) in [6.45, 7) is 0. The Morgan fingerprint density at radius 2 is 1.32 bits per heavy atom. The molecule has 0 radical (unpaired) electrons. The van der Waals surface area contributed by atoms with Gasteiger partial charge in [-0.15, -0.1) is 11.3 Å². The number of methoxy groups -OCH3 is 1. The first-order chi connectivity index (χ1) is 15.3. The van der Waals surface area contributed by atoms with Crippen LogP contribution in [0.5, 0.6) is 5.75 Å². The maximum atomic E-state index is 5.54. The summed E-state index contributed by atoms with van der Waals surface area (Å²) in [5.74, 6) is 0.887. The molecule has 6 rings (SSSR count). The molecule has 0 aliphatic rings. The number of ether oxygens (including phenoxy) is 1. The molecular weight excluding hydrogens is 396 g/mol. The molecule has 2 heteroatoms. The second kappa shape index (κ2) is 7.26. The molecule has 0 fully saturated rings. The van der Waals surface area contributed by atoms with Gasteiger partial charge in [-0.3, -0.25) is 0 Å². The van der Waals surface area contributed by atoms with Crippen LogP contribution >= 0.6 is 11.3 Å². The van der Waals surface area contributed by atoms with Crippen molar-refractivity contribution in [3.63, 3.8) is 0 Å². The van der Waals surface area contributed by atoms with Gasteiger partial charge in [-0.05, 0) is 45.3 Å². The molecule has 1 aromatic heterocycles. The van der Waals surface area contributed by atoms with Crippen molar-refractivity contribution in [2.75, 3.05) is 7.11 Å². The van der Waals surface area contributed by atoms with Crippen LogP contribution in [0.1, 0.15) is 11.1 Å². The Morgan fingerprint density at radius 1 is 0.645 bits per heavy atom. The first-order valence-electron chi connectivity index (χ1n) is 10.4. The number of hydrogen-bond acceptors (Lipinski definition) is 2. The summed E-state index contributed by atoms with van der Waals surface area (Å²) in [5, 5.41) is 7.91. The monoisotopic (exact) mass is 416 g/mol. The molecule has 0 amide bonds. The van der Waals surface area contributed by atoms with Gasteiger partial charge in [0.05, 0.1) is 7.11 Å². The number of thiophene rings is 1. The van der Waals surface area contributed by atoms with Crippen molar-refractivity contribution in [3.8, 4) is 5.75 Å². The van der Waals surface area contributed by atoms with E-state index >= 15 is 0 Å². The highest BCUT2D eigenvalue weighted by molar-refractivity contribution is 7.26. The number of hydrogen-bond donors (Lipinski definition) is 0. The number of benzene rings is 5. The van der Waals surface area contributed by atoms with Gasteiger partial charge in [-0.1, -0.05) is 84.9 Å². The van der Waals surface area contributed by atoms with Gasteiger partial charge < -0.3 is 4.74 Å². The minimum absolute atomic E-state index is 0.887. The van der Waals surface area contributed by atoms with E-state index < -0.39 is 0 Å². The fourth-order valence-corrected chi connectivity index (χ4v) is 5.75. The van der Waals surface area contributed by atoms with E-state index in [2.05, 4.69) is 84.9 Å². The van der Waals surface area contributed by atoms with Gasteiger partial charge in [0.2, 0.25) is 0 Å². The second-order valence-corrected chi connectivity index (χ2v) is 8.78. The van der Waals surface area contributed by atoms with Crippen LogP contribution in [-0.2, 0) is 0 Å². The second-order valence-electron chi connectivity index (χ2n) is 7.73. The van der Waals surface area contributed by atoms with Crippen molar-refractivity contribution in [3.05, 3.63) is 102 Å². The lowest BCUT2D eigenvalue weighted by Gasteiger charge is -2.07. The highest BCUT2D eigenvalue weighted by Gasteiger charge is 2.14. The molecule has 0 saturated heterocycles. The van der Waals surface area contributed by atoms with Crippen LogP contribution < -0.4 is 4.74 Å². The van der Waals surface area contributed by atoms with E-state index in [0.717, 1.165) is 11.3 Å². The zero-order valence-electron chi connectivity index (χ0n) is 17.1. The zero-order valence-corrected chi connectivity index (χ0v) is 17.9. The lowest BCUT2D eigenvalue weighted by Crippen LogP contribution is -1.85. The average Bonchev–Trinajstić information content (AvgIpc) is 3.23. The Morgan fingerprint density at radius 3 is 2.16 bits per heavy atom. The molecule has 6 aromatic rings. The molecule has 148 valence electrons. The van der Waals surface area contributed by atoms with Crippen LogP contribution in [0.3, 0.4) is 0 Å². The zero-order chi connectivity index (χ0) is 20.8. The van der Waals surface area contributed by atoms with Gasteiger partial charge in [0.25, 0.3) is 0 Å². The van der Waals surface area contributed by atoms with Crippen molar-refractivity contribution in [2.24, 2.45) is 0 Å². The van der Waals surface area contributed by atoms with E-state index in [9.17, 15) is 0 Å². The lowest BCUT2D eigenvalue weighted by molar-refractivity contribution is 0.414. The molecule has 1 heterocycles. The maximum absolute atomic E-state index is 5.54. The molecule has 0 unspecified atom stereocenters. The van der Waals surface area contributed by atoms with E-state index in [0.29, 0.717) is 0 Å². The van der Waals surface area contributed by atoms with Crippen molar-refractivity contribution < 1.29 is 4.74 Å². The summed E-state index contributed by atoms with van der Waals surface area (Å²) in [6.07, 6.45) is 4.38. The molecule has 0 atom stereocenters. The quantitative estimate of drug-likeness (QED) is 0.263. The lowest BCUT2D eigenvalue weighted by atomic mass is 9.97. The molecule has 0 N–H and O–H groups in total. The third-order valence-electron chi connectivity index (χ3n) is 5.96. The molecule has 5 aromatic carbocycles. The number of para-hydroxylation sites is 1. The van der Waals surface area contributed by atoms with Gasteiger partial charge in [-0.2, -0.15) is 0 Å². The highest BCUT2D eigenvalue weighted by atomic mass is 32.1. The van der Waals surface area contributed by atoms with Gasteiger partial charge >= 0.3 is 0 Å². The average molecular weight is 417 g/mol. The first-order valence-corrected chi connectivity index (χ1v) is 11.2. The number of fused-ring (bicyclic) bond motifs is 7. The maximum Gasteiger partial charge on any atom is 0.126 e. The van der Waals surface area contributed by atoms with Crippen molar-refractivity contribution in [1.29, 1.82) is 0 Å². The topological polar surface area (TPSA) is 9.23 Å². The largest absolute Gasteiger partial charge is 0.496 e. The Balaban J connectivity index is 1.70. The fourth-order valence-electron chi connectivity index (χ4n) is 4.52. The normalized spacial score (nSPS) is 11.9. The molecule has 0 aliphatic heterocycles. The fraction of sp³-hybridized carbons (Fsp3) is 0.0345. The third kappa shape index (κ3) is 2.91. The number of rotatable bonds is 3. The van der Waals surface area contributed by atoms with Crippen LogP contribution in [-0.4, -0.2) is 7.11 Å². The van der Waals surface area contributed by atoms with Crippen LogP contribution in [0, 0.1) is 0 Å². The van der Waals surface area contributed by atoms with Crippen LogP contribution in [0.15, 0.2) is 91.0 Å². The third-order valence-corrected chi connectivity index (χ3v) is 7.17. The minimum atomic E-state index is 0.887. The summed E-state index contributed by atoms with van der Waals surface area (Å²) >= 11 is 1.88. The van der Waals surface area contributed by atoms with E-state index in [1.54, 1.807) is 7.11 Å². The molecular formula is C29H20OS. The van der Waals surface area contributed by atoms with E-state index in [4.69, 9.17) is 4.74 Å². The van der Waals surface area contributed by atoms with Crippen LogP contribution in [0.25, 0.3) is 53.9 Å². The molecule has 0 bridgehead atoms. The standard InChI is InChI=1S/C29H20OS/c1-30-25-13-7-4-9-20(25)14-15-22-18-21-10-3-6-12-24(21)28-27-23-11-5-2-8-19(23)16-17-26(27)31-29(22)28/h2-18H,1H3/b15-14+. The summed E-state index contributed by atoms with van der Waals surface area (Å²) in [7, 11) is 1.72. The Labute approximate surface area is 184 Å². The predicted molar refractivity (Wildman–Crippen MR) is 136 cm³/mol. The van der Waals surface area contributed by atoms with Gasteiger partial charge in [-0.25, -0.2) is 0 Å². The van der Waals surface area contributed by atoms with Crippen molar-refractivity contribution >= 4 is 65.2 Å². The summed E-state index contributed by atoms with van der Waals surface area (Å²) in [5.41, 5.74) is 2.32. The summed E-state index contributed by atoms with van der Waals surface area (Å²) < 4.78 is 8.20. The summed E-state index contributed by atoms with van der Waals surface area (Å²) in [6, 6.07) is 32.4. The summed E-state index contributed by atoms with van der Waals surface area (Å²) in [4.78, 5) is 0. The molecule has 1 nitrogen and oxygen atoms in total. The Hall–Kier alpha value is -3.62. The van der Waals surface area contributed by atoms with Gasteiger partial charge in [0.15, 0.2) is 0 Å². The highest BCUT2D eigenvalue weighted by Crippen LogP contribution is 2.44. The Kier molecular flexibility index (Phi) is 4.26. The van der Waals surface area contributed by atoms with E-state index in [-0.39, 0.29) is 0 Å². The Bertz CT molecular complexity index is 1620. The molecule has 0 aliphatic carbocycles. The minimum Gasteiger partial charge on any atom is -0.496 e. The first kappa shape index (κ1) is 18.2. The SMILES string of the molecule is COc1ccccc1/C=C/c1cc2ccccc2c2c1sc1ccc3ccccc3c12. The van der Waals surface area contributed by atoms with Crippen molar-refractivity contribution in [1.82, 2.24) is 0 Å². The van der Waals surface area contributed by atoms with E-state index in [1.165, 1.54) is 47.3 Å². The van der Waals surface area contributed by atoms with Crippen LogP contribution in [0.4, 0.5) is 0 Å². The van der Waals surface area contributed by atoms with Crippen molar-refractivity contribution in [2.45, 2.75) is 0 Å². The van der Waals surface area contributed by atoms with Crippen LogP contribution in [0.2, 0.25) is 0 Å². The van der Waals surface area contributed by atoms with Gasteiger partial charge in [0, 0.05) is 25.7 Å². The smallest absolute Gasteiger partial charge is 0.126 e. The predicted octanol–water partition coefficient (Wildman–Crippen LogP) is 8.54. The molecule has 31 heavy (non-hydrogen) atoms. The van der Waals surface area contributed by atoms with E-state index in [1.807, 2.05) is 29.5 Å². The molecule has 0 saturated carbocycles. The van der Waals surface area contributed by atoms with Gasteiger partial charge in [0.1, 0.15) is 5.75 Å².